The molecule has 168 valence electrons. The molecule has 2 heterocycles. The fraction of sp³-hybridized carbons (Fsp3) is 0.545. The Balaban J connectivity index is 1.68. The second kappa shape index (κ2) is 9.80. The van der Waals surface area contributed by atoms with Crippen molar-refractivity contribution < 1.29 is 23.9 Å². The van der Waals surface area contributed by atoms with Crippen molar-refractivity contribution in [2.45, 2.75) is 52.0 Å². The Morgan fingerprint density at radius 2 is 1.90 bits per heavy atom. The minimum absolute atomic E-state index is 0.0367. The Bertz CT molecular complexity index is 865. The van der Waals surface area contributed by atoms with Crippen molar-refractivity contribution in [2.24, 2.45) is 5.10 Å². The smallest absolute Gasteiger partial charge is 0.346 e. The van der Waals surface area contributed by atoms with Crippen LogP contribution in [0.2, 0.25) is 0 Å². The quantitative estimate of drug-likeness (QED) is 0.505. The maximum absolute atomic E-state index is 12.4. The minimum atomic E-state index is -0.941. The van der Waals surface area contributed by atoms with E-state index in [2.05, 4.69) is 10.4 Å². The Morgan fingerprint density at radius 1 is 1.16 bits per heavy atom. The number of nitrogens with one attached hydrogen (secondary N) is 1. The summed E-state index contributed by atoms with van der Waals surface area (Å²) < 4.78 is 11.4. The fourth-order valence-electron chi connectivity index (χ4n) is 3.50. The van der Waals surface area contributed by atoms with Crippen molar-refractivity contribution in [2.75, 3.05) is 26.3 Å². The van der Waals surface area contributed by atoms with Gasteiger partial charge in [-0.1, -0.05) is 6.92 Å². The molecule has 31 heavy (non-hydrogen) atoms. The van der Waals surface area contributed by atoms with Gasteiger partial charge in [-0.2, -0.15) is 5.10 Å². The molecular weight excluding hydrogens is 400 g/mol. The first-order chi connectivity index (χ1) is 14.9. The number of carbonyl (C=O) groups excluding carboxylic acids is 3. The summed E-state index contributed by atoms with van der Waals surface area (Å²) in [7, 11) is 0. The molecule has 3 rings (SSSR count). The van der Waals surface area contributed by atoms with Gasteiger partial charge in [0.05, 0.1) is 12.8 Å². The van der Waals surface area contributed by atoms with E-state index in [0.29, 0.717) is 30.1 Å². The standard InChI is InChI=1S/C22H30N4O5/c1-4-22(3)20(28)26(21(29)24-22)23-14-16-9-10-17(18(13-16)30-5-2)31-15-19(27)25-11-7-6-8-12-25/h9-10,13-14H,4-8,11-12,15H2,1-3H3,(H,24,29)/b23-14+. The third-order valence-electron chi connectivity index (χ3n) is 5.60. The van der Waals surface area contributed by atoms with Gasteiger partial charge in [0, 0.05) is 13.1 Å². The van der Waals surface area contributed by atoms with Gasteiger partial charge >= 0.3 is 6.03 Å². The zero-order valence-corrected chi connectivity index (χ0v) is 18.3. The minimum Gasteiger partial charge on any atom is -0.490 e. The zero-order valence-electron chi connectivity index (χ0n) is 18.3. The number of piperidine rings is 1. The first-order valence-electron chi connectivity index (χ1n) is 10.8. The Labute approximate surface area is 182 Å². The SMILES string of the molecule is CCOc1cc(/C=N/N2C(=O)NC(C)(CC)C2=O)ccc1OCC(=O)N1CCCCC1. The number of urea groups is 1. The highest BCUT2D eigenvalue weighted by Gasteiger charge is 2.46. The van der Waals surface area contributed by atoms with E-state index in [1.807, 2.05) is 18.7 Å². The molecule has 0 bridgehead atoms. The van der Waals surface area contributed by atoms with E-state index in [0.717, 1.165) is 37.4 Å². The van der Waals surface area contributed by atoms with Crippen LogP contribution >= 0.6 is 0 Å². The molecule has 0 radical (unpaired) electrons. The molecule has 1 unspecified atom stereocenters. The average Bonchev–Trinajstić information content (AvgIpc) is 3.00. The second-order valence-electron chi connectivity index (χ2n) is 7.85. The molecule has 1 aromatic carbocycles. The molecule has 1 N–H and O–H groups in total. The Kier molecular flexibility index (Phi) is 7.14. The lowest BCUT2D eigenvalue weighted by atomic mass is 10.00. The topological polar surface area (TPSA) is 101 Å². The molecule has 1 atom stereocenters. The van der Waals surface area contributed by atoms with Crippen LogP contribution in [-0.4, -0.2) is 65.8 Å². The summed E-state index contributed by atoms with van der Waals surface area (Å²) in [5.74, 6) is 0.495. The summed E-state index contributed by atoms with van der Waals surface area (Å²) in [6.07, 6.45) is 5.10. The van der Waals surface area contributed by atoms with Crippen LogP contribution in [0, 0.1) is 0 Å². The monoisotopic (exact) mass is 430 g/mol. The maximum atomic E-state index is 12.4. The molecule has 9 heteroatoms. The van der Waals surface area contributed by atoms with E-state index in [9.17, 15) is 14.4 Å². The molecular formula is C22H30N4O5. The average molecular weight is 431 g/mol. The van der Waals surface area contributed by atoms with E-state index < -0.39 is 17.5 Å². The van der Waals surface area contributed by atoms with Gasteiger partial charge in [0.2, 0.25) is 0 Å². The second-order valence-corrected chi connectivity index (χ2v) is 7.85. The van der Waals surface area contributed by atoms with Gasteiger partial charge in [-0.3, -0.25) is 9.59 Å². The molecule has 2 fully saturated rings. The highest BCUT2D eigenvalue weighted by atomic mass is 16.5. The van der Waals surface area contributed by atoms with Gasteiger partial charge in [0.15, 0.2) is 18.1 Å². The number of likely N-dealkylation sites (tertiary alicyclic amines) is 1. The summed E-state index contributed by atoms with van der Waals surface area (Å²) in [5.41, 5.74) is -0.312. The van der Waals surface area contributed by atoms with Crippen LogP contribution in [-0.2, 0) is 9.59 Å². The van der Waals surface area contributed by atoms with Crippen molar-refractivity contribution in [3.05, 3.63) is 23.8 Å². The van der Waals surface area contributed by atoms with Gasteiger partial charge in [0.25, 0.3) is 11.8 Å². The van der Waals surface area contributed by atoms with Crippen molar-refractivity contribution >= 4 is 24.1 Å². The summed E-state index contributed by atoms with van der Waals surface area (Å²) in [4.78, 5) is 38.7. The van der Waals surface area contributed by atoms with E-state index in [1.165, 1.54) is 6.21 Å². The van der Waals surface area contributed by atoms with Crippen molar-refractivity contribution in [1.29, 1.82) is 0 Å². The van der Waals surface area contributed by atoms with Gasteiger partial charge in [0.1, 0.15) is 5.54 Å². The number of hydrogen-bond donors (Lipinski definition) is 1. The number of imide groups is 1. The van der Waals surface area contributed by atoms with E-state index in [1.54, 1.807) is 25.1 Å². The van der Waals surface area contributed by atoms with Gasteiger partial charge in [-0.15, -0.1) is 5.01 Å². The zero-order chi connectivity index (χ0) is 22.4. The normalized spacial score (nSPS) is 21.5. The van der Waals surface area contributed by atoms with Crippen LogP contribution < -0.4 is 14.8 Å². The summed E-state index contributed by atoms with van der Waals surface area (Å²) in [5, 5.41) is 7.55. The molecule has 0 saturated carbocycles. The molecule has 1 aromatic rings. The van der Waals surface area contributed by atoms with Crippen molar-refractivity contribution in [3.8, 4) is 11.5 Å². The van der Waals surface area contributed by atoms with E-state index in [4.69, 9.17) is 9.47 Å². The predicted molar refractivity (Wildman–Crippen MR) is 115 cm³/mol. The Hall–Kier alpha value is -3.10. The first kappa shape index (κ1) is 22.6. The number of ether oxygens (including phenoxy) is 2. The number of hydrogen-bond acceptors (Lipinski definition) is 6. The number of amides is 4. The highest BCUT2D eigenvalue weighted by Crippen LogP contribution is 2.28. The fourth-order valence-corrected chi connectivity index (χ4v) is 3.50. The number of benzene rings is 1. The Morgan fingerprint density at radius 3 is 2.55 bits per heavy atom. The van der Waals surface area contributed by atoms with Crippen LogP contribution in [0.15, 0.2) is 23.3 Å². The predicted octanol–water partition coefficient (Wildman–Crippen LogP) is 2.53. The van der Waals surface area contributed by atoms with Crippen LogP contribution in [0.1, 0.15) is 52.0 Å². The summed E-state index contributed by atoms with van der Waals surface area (Å²) in [6.45, 7) is 7.26. The van der Waals surface area contributed by atoms with Gasteiger partial charge < -0.3 is 19.7 Å². The lowest BCUT2D eigenvalue weighted by Gasteiger charge is -2.26. The molecule has 0 spiro atoms. The largest absolute Gasteiger partial charge is 0.490 e. The van der Waals surface area contributed by atoms with Crippen LogP contribution in [0.3, 0.4) is 0 Å². The van der Waals surface area contributed by atoms with E-state index in [-0.39, 0.29) is 12.5 Å². The molecule has 2 saturated heterocycles. The molecule has 9 nitrogen and oxygen atoms in total. The van der Waals surface area contributed by atoms with Crippen LogP contribution in [0.25, 0.3) is 0 Å². The van der Waals surface area contributed by atoms with Crippen LogP contribution in [0.4, 0.5) is 4.79 Å². The van der Waals surface area contributed by atoms with E-state index >= 15 is 0 Å². The lowest BCUT2D eigenvalue weighted by molar-refractivity contribution is -0.134. The molecule has 2 aliphatic rings. The lowest BCUT2D eigenvalue weighted by Crippen LogP contribution is -2.42. The number of rotatable bonds is 8. The van der Waals surface area contributed by atoms with Crippen molar-refractivity contribution in [1.82, 2.24) is 15.2 Å². The first-order valence-corrected chi connectivity index (χ1v) is 10.8. The molecule has 0 aromatic heterocycles. The maximum Gasteiger partial charge on any atom is 0.346 e. The molecule has 4 amide bonds. The van der Waals surface area contributed by atoms with Gasteiger partial charge in [-0.05, 0) is 63.3 Å². The number of carbonyl (C=O) groups is 3. The summed E-state index contributed by atoms with van der Waals surface area (Å²) in [6, 6.07) is 4.57. The highest BCUT2D eigenvalue weighted by molar-refractivity contribution is 6.07. The summed E-state index contributed by atoms with van der Waals surface area (Å²) >= 11 is 0. The number of hydrazone groups is 1. The molecule has 0 aliphatic carbocycles. The third kappa shape index (κ3) is 5.15. The van der Waals surface area contributed by atoms with Crippen LogP contribution in [0.5, 0.6) is 11.5 Å². The van der Waals surface area contributed by atoms with Crippen molar-refractivity contribution in [3.63, 3.8) is 0 Å². The third-order valence-corrected chi connectivity index (χ3v) is 5.60. The number of nitrogens with zero attached hydrogens (tertiary/aromatic N) is 3. The molecule has 2 aliphatic heterocycles. The van der Waals surface area contributed by atoms with Gasteiger partial charge in [-0.25, -0.2) is 4.79 Å².